The molecule has 7 nitrogen and oxygen atoms in total. The molecule has 2 aromatic carbocycles. The predicted octanol–water partition coefficient (Wildman–Crippen LogP) is 2.33. The molecule has 0 spiro atoms. The number of carbonyl (C=O) groups is 1. The second-order valence-electron chi connectivity index (χ2n) is 5.02. The number of carboxylic acid groups (broad SMARTS) is 1. The first-order valence-corrected chi connectivity index (χ1v) is 6.89. The van der Waals surface area contributed by atoms with Gasteiger partial charge in [0.1, 0.15) is 34.0 Å². The fourth-order valence-corrected chi connectivity index (χ4v) is 2.26. The molecule has 0 fully saturated rings. The molecule has 0 aliphatic carbocycles. The maximum Gasteiger partial charge on any atom is 0.341 e. The highest BCUT2D eigenvalue weighted by Crippen LogP contribution is 2.30. The Hall–Kier alpha value is -3.48. The van der Waals surface area contributed by atoms with Crippen LogP contribution < -0.4 is 10.2 Å². The molecule has 0 aliphatic rings. The van der Waals surface area contributed by atoms with Crippen molar-refractivity contribution in [2.75, 3.05) is 6.61 Å². The van der Waals surface area contributed by atoms with E-state index in [1.807, 2.05) is 0 Å². The first-order valence-electron chi connectivity index (χ1n) is 6.89. The number of fused-ring (bicyclic) bond motifs is 1. The molecule has 0 amide bonds. The van der Waals surface area contributed by atoms with Gasteiger partial charge in [-0.1, -0.05) is 0 Å². The molecule has 1 aromatic heterocycles. The Bertz CT molecular complexity index is 971. The Labute approximate surface area is 135 Å². The summed E-state index contributed by atoms with van der Waals surface area (Å²) in [5, 5.41) is 27.8. The van der Waals surface area contributed by atoms with Crippen LogP contribution in [-0.4, -0.2) is 27.9 Å². The number of rotatable bonds is 4. The molecule has 0 saturated carbocycles. The van der Waals surface area contributed by atoms with Crippen molar-refractivity contribution in [1.29, 1.82) is 0 Å². The van der Waals surface area contributed by atoms with Crippen molar-refractivity contribution in [1.82, 2.24) is 0 Å². The van der Waals surface area contributed by atoms with Gasteiger partial charge in [0.2, 0.25) is 0 Å². The highest BCUT2D eigenvalue weighted by molar-refractivity contribution is 5.86. The summed E-state index contributed by atoms with van der Waals surface area (Å²) in [4.78, 5) is 22.6. The molecule has 1 heterocycles. The fraction of sp³-hybridized carbons (Fsp3) is 0.0588. The van der Waals surface area contributed by atoms with Crippen LogP contribution in [0.2, 0.25) is 0 Å². The van der Waals surface area contributed by atoms with E-state index in [9.17, 15) is 19.8 Å². The molecule has 3 aromatic rings. The molecule has 0 saturated heterocycles. The van der Waals surface area contributed by atoms with Gasteiger partial charge in [0.25, 0.3) is 0 Å². The average molecular weight is 328 g/mol. The van der Waals surface area contributed by atoms with Crippen LogP contribution in [-0.2, 0) is 4.79 Å². The minimum Gasteiger partial charge on any atom is -0.508 e. The van der Waals surface area contributed by atoms with E-state index >= 15 is 0 Å². The molecule has 24 heavy (non-hydrogen) atoms. The lowest BCUT2D eigenvalue weighted by Crippen LogP contribution is -2.09. The number of phenolic OH excluding ortho intramolecular Hbond substituents is 2. The molecule has 3 N–H and O–H groups in total. The number of phenols is 2. The van der Waals surface area contributed by atoms with Gasteiger partial charge < -0.3 is 24.5 Å². The molecule has 7 heteroatoms. The summed E-state index contributed by atoms with van der Waals surface area (Å²) in [7, 11) is 0. The minimum absolute atomic E-state index is 0.0158. The monoisotopic (exact) mass is 328 g/mol. The quantitative estimate of drug-likeness (QED) is 0.673. The predicted molar refractivity (Wildman–Crippen MR) is 84.4 cm³/mol. The highest BCUT2D eigenvalue weighted by Gasteiger charge is 2.12. The molecule has 0 aliphatic heterocycles. The number of aromatic hydroxyl groups is 2. The van der Waals surface area contributed by atoms with Gasteiger partial charge in [-0.3, -0.25) is 4.79 Å². The maximum absolute atomic E-state index is 12.2. The lowest BCUT2D eigenvalue weighted by atomic mass is 10.1. The van der Waals surface area contributed by atoms with Gasteiger partial charge in [-0.2, -0.15) is 0 Å². The number of benzene rings is 2. The van der Waals surface area contributed by atoms with Crippen molar-refractivity contribution in [3.05, 3.63) is 52.7 Å². The Morgan fingerprint density at radius 2 is 1.79 bits per heavy atom. The van der Waals surface area contributed by atoms with Gasteiger partial charge in [0.05, 0.1) is 0 Å². The highest BCUT2D eigenvalue weighted by atomic mass is 16.5. The Morgan fingerprint density at radius 3 is 2.46 bits per heavy atom. The Morgan fingerprint density at radius 1 is 1.08 bits per heavy atom. The Balaban J connectivity index is 2.00. The molecule has 122 valence electrons. The van der Waals surface area contributed by atoms with E-state index in [0.29, 0.717) is 11.3 Å². The van der Waals surface area contributed by atoms with Gasteiger partial charge in [0.15, 0.2) is 12.0 Å². The van der Waals surface area contributed by atoms with Crippen LogP contribution >= 0.6 is 0 Å². The summed E-state index contributed by atoms with van der Waals surface area (Å²) >= 11 is 0. The van der Waals surface area contributed by atoms with Crippen LogP contribution in [0, 0.1) is 0 Å². The van der Waals surface area contributed by atoms with Gasteiger partial charge in [-0.25, -0.2) is 4.79 Å². The topological polar surface area (TPSA) is 117 Å². The van der Waals surface area contributed by atoms with E-state index in [2.05, 4.69) is 0 Å². The van der Waals surface area contributed by atoms with E-state index in [-0.39, 0.29) is 28.2 Å². The second kappa shape index (κ2) is 5.96. The van der Waals surface area contributed by atoms with Crippen LogP contribution in [0.3, 0.4) is 0 Å². The SMILES string of the molecule is O=C(O)COc1ccc(-c2cc(=O)c3c(O)cc(O)cc3o2)cc1. The minimum atomic E-state index is -1.08. The number of hydrogen-bond acceptors (Lipinski definition) is 6. The molecule has 0 atom stereocenters. The lowest BCUT2D eigenvalue weighted by molar-refractivity contribution is -0.139. The van der Waals surface area contributed by atoms with E-state index in [4.69, 9.17) is 14.3 Å². The van der Waals surface area contributed by atoms with Crippen LogP contribution in [0.25, 0.3) is 22.3 Å². The zero-order valence-corrected chi connectivity index (χ0v) is 12.2. The summed E-state index contributed by atoms with van der Waals surface area (Å²) in [5.41, 5.74) is 0.163. The smallest absolute Gasteiger partial charge is 0.341 e. The molecule has 0 unspecified atom stereocenters. The van der Waals surface area contributed by atoms with Crippen molar-refractivity contribution >= 4 is 16.9 Å². The standard InChI is InChI=1S/C17H12O7/c18-10-5-12(19)17-13(20)7-14(24-15(17)6-10)9-1-3-11(4-2-9)23-8-16(21)22/h1-7,18-19H,8H2,(H,21,22). The van der Waals surface area contributed by atoms with Crippen molar-refractivity contribution < 1.29 is 29.3 Å². The van der Waals surface area contributed by atoms with Crippen molar-refractivity contribution in [2.45, 2.75) is 0 Å². The number of carboxylic acids is 1. The van der Waals surface area contributed by atoms with E-state index in [1.165, 1.54) is 12.1 Å². The van der Waals surface area contributed by atoms with Gasteiger partial charge in [-0.15, -0.1) is 0 Å². The zero-order chi connectivity index (χ0) is 17.3. The van der Waals surface area contributed by atoms with Gasteiger partial charge >= 0.3 is 5.97 Å². The number of aliphatic carboxylic acids is 1. The van der Waals surface area contributed by atoms with Gasteiger partial charge in [-0.05, 0) is 24.3 Å². The third-order valence-corrected chi connectivity index (χ3v) is 3.30. The van der Waals surface area contributed by atoms with Crippen molar-refractivity contribution in [2.24, 2.45) is 0 Å². The largest absolute Gasteiger partial charge is 0.508 e. The van der Waals surface area contributed by atoms with Crippen LogP contribution in [0.5, 0.6) is 17.2 Å². The summed E-state index contributed by atoms with van der Waals surface area (Å²) in [5.74, 6) is -1.07. The average Bonchev–Trinajstić information content (AvgIpc) is 2.52. The Kier molecular flexibility index (Phi) is 3.83. The zero-order valence-electron chi connectivity index (χ0n) is 12.2. The van der Waals surface area contributed by atoms with Crippen LogP contribution in [0.15, 0.2) is 51.7 Å². The lowest BCUT2D eigenvalue weighted by Gasteiger charge is -2.07. The van der Waals surface area contributed by atoms with Crippen LogP contribution in [0.4, 0.5) is 0 Å². The normalized spacial score (nSPS) is 10.7. The molecular formula is C17H12O7. The summed E-state index contributed by atoms with van der Waals surface area (Å²) in [6.07, 6.45) is 0. The van der Waals surface area contributed by atoms with E-state index < -0.39 is 18.0 Å². The summed E-state index contributed by atoms with van der Waals surface area (Å²) < 4.78 is 10.6. The summed E-state index contributed by atoms with van der Waals surface area (Å²) in [6, 6.07) is 9.82. The molecule has 0 radical (unpaired) electrons. The maximum atomic E-state index is 12.2. The van der Waals surface area contributed by atoms with Gasteiger partial charge in [0, 0.05) is 23.8 Å². The number of ether oxygens (including phenoxy) is 1. The summed E-state index contributed by atoms with van der Waals surface area (Å²) in [6.45, 7) is -0.455. The third kappa shape index (κ3) is 3.00. The molecular weight excluding hydrogens is 316 g/mol. The van der Waals surface area contributed by atoms with E-state index in [1.54, 1.807) is 24.3 Å². The van der Waals surface area contributed by atoms with Crippen molar-refractivity contribution in [3.8, 4) is 28.6 Å². The third-order valence-electron chi connectivity index (χ3n) is 3.30. The number of hydrogen-bond donors (Lipinski definition) is 3. The van der Waals surface area contributed by atoms with Crippen LogP contribution in [0.1, 0.15) is 0 Å². The first kappa shape index (κ1) is 15.4. The molecule has 0 bridgehead atoms. The first-order chi connectivity index (χ1) is 11.4. The second-order valence-corrected chi connectivity index (χ2v) is 5.02. The fourth-order valence-electron chi connectivity index (χ4n) is 2.26. The van der Waals surface area contributed by atoms with E-state index in [0.717, 1.165) is 6.07 Å². The van der Waals surface area contributed by atoms with Crippen molar-refractivity contribution in [3.63, 3.8) is 0 Å². The molecule has 3 rings (SSSR count).